The van der Waals surface area contributed by atoms with E-state index in [9.17, 15) is 28.1 Å². The van der Waals surface area contributed by atoms with Gasteiger partial charge in [-0.15, -0.1) is 0 Å². The fourth-order valence-corrected chi connectivity index (χ4v) is 6.27. The molecule has 0 saturated carbocycles. The first kappa shape index (κ1) is 23.8. The summed E-state index contributed by atoms with van der Waals surface area (Å²) < 4.78 is 33.5. The molecule has 0 unspecified atom stereocenters. The smallest absolute Gasteiger partial charge is 0.334 e. The van der Waals surface area contributed by atoms with Gasteiger partial charge >= 0.3 is 5.97 Å². The van der Waals surface area contributed by atoms with Crippen molar-refractivity contribution in [2.24, 2.45) is 0 Å². The van der Waals surface area contributed by atoms with Gasteiger partial charge in [0, 0.05) is 45.3 Å². The van der Waals surface area contributed by atoms with Crippen LogP contribution in [0.5, 0.6) is 0 Å². The molecule has 12 heteroatoms. The van der Waals surface area contributed by atoms with E-state index >= 15 is 0 Å². The monoisotopic (exact) mass is 547 g/mol. The van der Waals surface area contributed by atoms with Gasteiger partial charge in [0.25, 0.3) is 15.7 Å². The first-order valence-electron chi connectivity index (χ1n) is 9.99. The van der Waals surface area contributed by atoms with Gasteiger partial charge in [0.15, 0.2) is 10.7 Å². The summed E-state index contributed by atoms with van der Waals surface area (Å²) in [5.74, 6) is -1.26. The second kappa shape index (κ2) is 9.12. The lowest BCUT2D eigenvalue weighted by molar-refractivity contribution is -0.387. The number of sulfonamides is 1. The SMILES string of the molecule is COC(=O)C1=CC[C@@H](C(=O)c2c[nH]c3cccc(Br)c23)N(S(=O)(=O)c2ccccc2[N+](=O)[O-])C1. The summed E-state index contributed by atoms with van der Waals surface area (Å²) in [5, 5.41) is 12.1. The van der Waals surface area contributed by atoms with Crippen LogP contribution in [-0.4, -0.2) is 54.1 Å². The molecule has 1 aliphatic heterocycles. The van der Waals surface area contributed by atoms with E-state index in [0.717, 1.165) is 23.5 Å². The quantitative estimate of drug-likeness (QED) is 0.215. The molecule has 0 fully saturated rings. The number of ether oxygens (including phenoxy) is 1. The number of halogens is 1. The van der Waals surface area contributed by atoms with Crippen LogP contribution in [0.15, 0.2) is 69.7 Å². The van der Waals surface area contributed by atoms with Crippen LogP contribution in [0.1, 0.15) is 16.8 Å². The lowest BCUT2D eigenvalue weighted by Crippen LogP contribution is -2.48. The van der Waals surface area contributed by atoms with Crippen LogP contribution in [0, 0.1) is 10.1 Å². The predicted octanol–water partition coefficient (Wildman–Crippen LogP) is 3.58. The number of para-hydroxylation sites is 1. The molecule has 176 valence electrons. The van der Waals surface area contributed by atoms with Gasteiger partial charge in [0.1, 0.15) is 0 Å². The average Bonchev–Trinajstić information content (AvgIpc) is 3.28. The number of carbonyl (C=O) groups is 2. The summed E-state index contributed by atoms with van der Waals surface area (Å²) in [6.07, 6.45) is 2.84. The van der Waals surface area contributed by atoms with E-state index in [4.69, 9.17) is 4.74 Å². The standard InChI is InChI=1S/C22H18BrN3O7S/c1-33-22(28)13-9-10-18(21(27)14-11-24-16-6-4-5-15(23)20(14)16)25(12-13)34(31,32)19-8-3-2-7-17(19)26(29)30/h2-9,11,18,24H,10,12H2,1H3/t18-/m0/s1. The Hall–Kier alpha value is -3.35. The number of carbonyl (C=O) groups excluding carboxylic acids is 2. The predicted molar refractivity (Wildman–Crippen MR) is 126 cm³/mol. The molecule has 1 N–H and O–H groups in total. The number of hydrogen-bond donors (Lipinski definition) is 1. The summed E-state index contributed by atoms with van der Waals surface area (Å²) in [6, 6.07) is 8.96. The van der Waals surface area contributed by atoms with E-state index < -0.39 is 49.9 Å². The fraction of sp³-hybridized carbons (Fsp3) is 0.182. The Bertz CT molecular complexity index is 1460. The number of fused-ring (bicyclic) bond motifs is 1. The highest BCUT2D eigenvalue weighted by molar-refractivity contribution is 9.10. The Balaban J connectivity index is 1.85. The van der Waals surface area contributed by atoms with Crippen molar-refractivity contribution in [2.45, 2.75) is 17.4 Å². The minimum Gasteiger partial charge on any atom is -0.466 e. The molecule has 0 spiro atoms. The molecule has 2 aromatic carbocycles. The van der Waals surface area contributed by atoms with Gasteiger partial charge in [-0.25, -0.2) is 13.2 Å². The molecule has 1 aromatic heterocycles. The summed E-state index contributed by atoms with van der Waals surface area (Å²) in [7, 11) is -3.40. The van der Waals surface area contributed by atoms with Gasteiger partial charge in [-0.1, -0.05) is 40.2 Å². The number of benzene rings is 2. The van der Waals surface area contributed by atoms with Crippen molar-refractivity contribution in [1.82, 2.24) is 9.29 Å². The van der Waals surface area contributed by atoms with E-state index in [0.29, 0.717) is 15.4 Å². The Labute approximate surface area is 202 Å². The minimum atomic E-state index is -4.56. The van der Waals surface area contributed by atoms with Crippen LogP contribution < -0.4 is 0 Å². The second-order valence-corrected chi connectivity index (χ2v) is 10.2. The fourth-order valence-electron chi connectivity index (χ4n) is 3.95. The van der Waals surface area contributed by atoms with E-state index in [1.807, 2.05) is 0 Å². The summed E-state index contributed by atoms with van der Waals surface area (Å²) in [4.78, 5) is 39.0. The summed E-state index contributed by atoms with van der Waals surface area (Å²) in [5.41, 5.74) is 0.337. The van der Waals surface area contributed by atoms with Gasteiger partial charge in [0.2, 0.25) is 0 Å². The maximum absolute atomic E-state index is 13.7. The molecular weight excluding hydrogens is 530 g/mol. The summed E-state index contributed by atoms with van der Waals surface area (Å²) in [6.45, 7) is -0.471. The number of aromatic nitrogens is 1. The molecule has 0 bridgehead atoms. The van der Waals surface area contributed by atoms with Crippen molar-refractivity contribution in [3.05, 3.63) is 80.5 Å². The molecule has 4 rings (SSSR count). The van der Waals surface area contributed by atoms with Crippen molar-refractivity contribution < 1.29 is 27.7 Å². The molecule has 0 saturated heterocycles. The second-order valence-electron chi connectivity index (χ2n) is 7.48. The highest BCUT2D eigenvalue weighted by Crippen LogP contribution is 2.34. The Morgan fingerprint density at radius 2 is 1.94 bits per heavy atom. The number of methoxy groups -OCH3 is 1. The Kier molecular flexibility index (Phi) is 6.39. The average molecular weight is 548 g/mol. The van der Waals surface area contributed by atoms with E-state index in [1.165, 1.54) is 24.4 Å². The van der Waals surface area contributed by atoms with Crippen molar-refractivity contribution >= 4 is 54.3 Å². The maximum Gasteiger partial charge on any atom is 0.334 e. The number of rotatable bonds is 6. The van der Waals surface area contributed by atoms with Gasteiger partial charge in [0.05, 0.1) is 18.1 Å². The normalized spacial score (nSPS) is 16.8. The van der Waals surface area contributed by atoms with E-state index in [-0.39, 0.29) is 17.6 Å². The third kappa shape index (κ3) is 4.04. The molecule has 0 aliphatic carbocycles. The van der Waals surface area contributed by atoms with Crippen molar-refractivity contribution in [3.8, 4) is 0 Å². The third-order valence-corrected chi connectivity index (χ3v) is 8.14. The molecule has 0 radical (unpaired) electrons. The zero-order valence-corrected chi connectivity index (χ0v) is 20.1. The molecule has 10 nitrogen and oxygen atoms in total. The van der Waals surface area contributed by atoms with Crippen molar-refractivity contribution in [3.63, 3.8) is 0 Å². The van der Waals surface area contributed by atoms with Gasteiger partial charge in [-0.2, -0.15) is 4.31 Å². The number of aromatic amines is 1. The van der Waals surface area contributed by atoms with E-state index in [2.05, 4.69) is 20.9 Å². The minimum absolute atomic E-state index is 0.0359. The molecule has 1 aliphatic rings. The number of hydrogen-bond acceptors (Lipinski definition) is 7. The highest BCUT2D eigenvalue weighted by atomic mass is 79.9. The largest absolute Gasteiger partial charge is 0.466 e. The molecule has 34 heavy (non-hydrogen) atoms. The van der Waals surface area contributed by atoms with Gasteiger partial charge in [-0.05, 0) is 24.6 Å². The number of H-pyrrole nitrogens is 1. The first-order valence-corrected chi connectivity index (χ1v) is 12.2. The van der Waals surface area contributed by atoms with Crippen LogP contribution in [0.2, 0.25) is 0 Å². The van der Waals surface area contributed by atoms with Crippen LogP contribution in [0.4, 0.5) is 5.69 Å². The number of nitrogens with zero attached hydrogens (tertiary/aromatic N) is 2. The van der Waals surface area contributed by atoms with Crippen LogP contribution >= 0.6 is 15.9 Å². The lowest BCUT2D eigenvalue weighted by atomic mass is 9.97. The zero-order chi connectivity index (χ0) is 24.6. The number of nitro groups is 1. The zero-order valence-electron chi connectivity index (χ0n) is 17.7. The number of nitro benzene ring substituents is 1. The van der Waals surface area contributed by atoms with Gasteiger partial charge < -0.3 is 9.72 Å². The number of Topliss-reactive ketones (excluding diaryl/α,β-unsaturated/α-hetero) is 1. The van der Waals surface area contributed by atoms with Gasteiger partial charge in [-0.3, -0.25) is 14.9 Å². The Morgan fingerprint density at radius 3 is 2.65 bits per heavy atom. The number of nitrogens with one attached hydrogen (secondary N) is 1. The van der Waals surface area contributed by atoms with Crippen molar-refractivity contribution in [2.75, 3.05) is 13.7 Å². The van der Waals surface area contributed by atoms with Crippen LogP contribution in [0.3, 0.4) is 0 Å². The van der Waals surface area contributed by atoms with Crippen molar-refractivity contribution in [1.29, 1.82) is 0 Å². The first-order chi connectivity index (χ1) is 16.2. The highest BCUT2D eigenvalue weighted by Gasteiger charge is 2.42. The van der Waals surface area contributed by atoms with Crippen LogP contribution in [0.25, 0.3) is 10.9 Å². The topological polar surface area (TPSA) is 140 Å². The van der Waals surface area contributed by atoms with Crippen LogP contribution in [-0.2, 0) is 19.6 Å². The Morgan fingerprint density at radius 1 is 1.21 bits per heavy atom. The number of esters is 1. The molecular formula is C22H18BrN3O7S. The van der Waals surface area contributed by atoms with E-state index in [1.54, 1.807) is 18.2 Å². The number of ketones is 1. The molecule has 2 heterocycles. The lowest BCUT2D eigenvalue weighted by Gasteiger charge is -2.32. The molecule has 0 amide bonds. The molecule has 1 atom stereocenters. The maximum atomic E-state index is 13.7. The third-order valence-electron chi connectivity index (χ3n) is 5.58. The summed E-state index contributed by atoms with van der Waals surface area (Å²) >= 11 is 3.42. The molecule has 3 aromatic rings.